The van der Waals surface area contributed by atoms with Gasteiger partial charge in [-0.3, -0.25) is 19.5 Å². The minimum absolute atomic E-state index is 0.0516. The average molecular weight is 441 g/mol. The molecule has 2 amide bonds. The summed E-state index contributed by atoms with van der Waals surface area (Å²) in [4.78, 5) is 32.1. The van der Waals surface area contributed by atoms with Crippen LogP contribution in [0, 0.1) is 35.0 Å². The Morgan fingerprint density at radius 1 is 1.19 bits per heavy atom. The fourth-order valence-electron chi connectivity index (χ4n) is 7.98. The molecule has 0 radical (unpaired) electrons. The van der Waals surface area contributed by atoms with Crippen LogP contribution >= 0.6 is 0 Å². The molecule has 3 saturated carbocycles. The van der Waals surface area contributed by atoms with Crippen molar-refractivity contribution in [3.63, 3.8) is 0 Å². The molecule has 7 unspecified atom stereocenters. The summed E-state index contributed by atoms with van der Waals surface area (Å²) in [5.41, 5.74) is 0.289. The van der Waals surface area contributed by atoms with Crippen LogP contribution < -0.4 is 10.6 Å². The third-order valence-corrected chi connectivity index (χ3v) is 9.29. The zero-order chi connectivity index (χ0) is 21.9. The topological polar surface area (TPSA) is 83.0 Å². The van der Waals surface area contributed by atoms with E-state index in [0.717, 1.165) is 32.0 Å². The lowest BCUT2D eigenvalue weighted by atomic mass is 9.54. The van der Waals surface area contributed by atoms with Gasteiger partial charge in [0.1, 0.15) is 0 Å². The molecule has 4 aliphatic carbocycles. The Kier molecular flexibility index (Phi) is 5.08. The van der Waals surface area contributed by atoms with E-state index in [4.69, 9.17) is 9.73 Å². The van der Waals surface area contributed by atoms with Crippen LogP contribution in [0.3, 0.4) is 0 Å². The average Bonchev–Trinajstić information content (AvgIpc) is 3.59. The van der Waals surface area contributed by atoms with Gasteiger partial charge in [-0.25, -0.2) is 0 Å². The van der Waals surface area contributed by atoms with Crippen molar-refractivity contribution in [1.29, 1.82) is 0 Å². The van der Waals surface area contributed by atoms with Crippen LogP contribution in [0.5, 0.6) is 0 Å². The van der Waals surface area contributed by atoms with Crippen LogP contribution in [-0.2, 0) is 14.3 Å². The first-order chi connectivity index (χ1) is 15.6. The minimum atomic E-state index is -0.0946. The van der Waals surface area contributed by atoms with Crippen LogP contribution in [0.15, 0.2) is 17.1 Å². The van der Waals surface area contributed by atoms with Gasteiger partial charge < -0.3 is 15.4 Å². The first kappa shape index (κ1) is 20.7. The normalized spacial score (nSPS) is 40.8. The number of hydrogen-bond donors (Lipinski definition) is 2. The molecule has 0 aromatic carbocycles. The number of carbonyl (C=O) groups excluding carboxylic acids is 2. The van der Waals surface area contributed by atoms with E-state index in [1.807, 2.05) is 0 Å². The Labute approximate surface area is 190 Å². The summed E-state index contributed by atoms with van der Waals surface area (Å²) in [5, 5.41) is 7.17. The van der Waals surface area contributed by atoms with Crippen LogP contribution in [0.25, 0.3) is 0 Å². The molecule has 2 aliphatic heterocycles. The molecule has 32 heavy (non-hydrogen) atoms. The first-order valence-electron chi connectivity index (χ1n) is 12.8. The van der Waals surface area contributed by atoms with Gasteiger partial charge in [-0.15, -0.1) is 0 Å². The highest BCUT2D eigenvalue weighted by molar-refractivity contribution is 6.06. The molecular formula is C25H36N4O3. The molecule has 5 fully saturated rings. The predicted molar refractivity (Wildman–Crippen MR) is 121 cm³/mol. The van der Waals surface area contributed by atoms with E-state index in [2.05, 4.69) is 29.7 Å². The highest BCUT2D eigenvalue weighted by atomic mass is 16.5. The largest absolute Gasteiger partial charge is 0.377 e. The first-order valence-corrected chi connectivity index (χ1v) is 12.8. The summed E-state index contributed by atoms with van der Waals surface area (Å²) in [6.45, 7) is 4.89. The number of hydrogen-bond acceptors (Lipinski definition) is 4. The number of rotatable bonds is 6. The molecule has 6 aliphatic rings. The maximum Gasteiger partial charge on any atom is 0.233 e. The van der Waals surface area contributed by atoms with E-state index in [0.29, 0.717) is 37.6 Å². The molecule has 0 aromatic rings. The summed E-state index contributed by atoms with van der Waals surface area (Å²) in [5.74, 6) is 1.94. The number of guanidine groups is 1. The molecule has 7 atom stereocenters. The third kappa shape index (κ3) is 2.92. The number of likely N-dealkylation sites (tertiary alicyclic amines) is 1. The highest BCUT2D eigenvalue weighted by Gasteiger charge is 2.65. The number of fused-ring (bicyclic) bond motifs is 7. The lowest BCUT2D eigenvalue weighted by molar-refractivity contribution is -0.140. The molecule has 6 rings (SSSR count). The van der Waals surface area contributed by atoms with Crippen molar-refractivity contribution in [2.24, 2.45) is 40.0 Å². The molecule has 174 valence electrons. The Balaban J connectivity index is 1.06. The summed E-state index contributed by atoms with van der Waals surface area (Å²) >= 11 is 0. The molecule has 7 nitrogen and oxygen atoms in total. The van der Waals surface area contributed by atoms with E-state index in [-0.39, 0.29) is 40.9 Å². The molecule has 0 aromatic heterocycles. The van der Waals surface area contributed by atoms with Crippen LogP contribution in [0.1, 0.15) is 51.9 Å². The zero-order valence-electron chi connectivity index (χ0n) is 19.1. The van der Waals surface area contributed by atoms with E-state index < -0.39 is 0 Å². The Bertz CT molecular complexity index is 818. The number of nitrogens with zero attached hydrogens (tertiary/aromatic N) is 2. The van der Waals surface area contributed by atoms with Crippen molar-refractivity contribution in [3.05, 3.63) is 12.2 Å². The number of amides is 2. The van der Waals surface area contributed by atoms with Crippen molar-refractivity contribution in [2.45, 2.75) is 64.0 Å². The fourth-order valence-corrected chi connectivity index (χ4v) is 7.98. The second-order valence-corrected chi connectivity index (χ2v) is 10.7. The fraction of sp³-hybridized carbons (Fsp3) is 0.800. The molecule has 1 spiro atoms. The number of nitrogens with one attached hydrogen (secondary N) is 2. The number of allylic oxidation sites excluding steroid dienone is 2. The summed E-state index contributed by atoms with van der Waals surface area (Å²) in [6.07, 6.45) is 12.7. The third-order valence-electron chi connectivity index (χ3n) is 9.29. The summed E-state index contributed by atoms with van der Waals surface area (Å²) in [7, 11) is 0. The highest BCUT2D eigenvalue weighted by Crippen LogP contribution is 2.60. The lowest BCUT2D eigenvalue weighted by Gasteiger charge is -2.57. The summed E-state index contributed by atoms with van der Waals surface area (Å²) in [6, 6.07) is 0.444. The van der Waals surface area contributed by atoms with Gasteiger partial charge in [0, 0.05) is 43.6 Å². The second kappa shape index (κ2) is 7.86. The zero-order valence-corrected chi connectivity index (χ0v) is 19.1. The van der Waals surface area contributed by atoms with Gasteiger partial charge in [-0.1, -0.05) is 25.0 Å². The van der Waals surface area contributed by atoms with Gasteiger partial charge in [0.15, 0.2) is 5.96 Å². The van der Waals surface area contributed by atoms with Gasteiger partial charge in [-0.2, -0.15) is 0 Å². The van der Waals surface area contributed by atoms with E-state index in [9.17, 15) is 9.59 Å². The second-order valence-electron chi connectivity index (χ2n) is 10.7. The van der Waals surface area contributed by atoms with Gasteiger partial charge in [0.25, 0.3) is 0 Å². The van der Waals surface area contributed by atoms with Crippen molar-refractivity contribution in [1.82, 2.24) is 15.5 Å². The predicted octanol–water partition coefficient (Wildman–Crippen LogP) is 2.09. The van der Waals surface area contributed by atoms with E-state index in [1.54, 1.807) is 0 Å². The van der Waals surface area contributed by atoms with Gasteiger partial charge in [-0.05, 0) is 50.9 Å². The van der Waals surface area contributed by atoms with Gasteiger partial charge in [0.2, 0.25) is 11.8 Å². The Morgan fingerprint density at radius 2 is 1.91 bits per heavy atom. The molecule has 7 heteroatoms. The van der Waals surface area contributed by atoms with Crippen LogP contribution in [0.2, 0.25) is 0 Å². The molecule has 2 bridgehead atoms. The Morgan fingerprint density at radius 3 is 2.59 bits per heavy atom. The number of aliphatic imine (C=N–C) groups is 1. The SMILES string of the molecule is CCNC(=NCCCN1C(=O)C2C3C=CC(C3)C2C1=O)NC1C2CCOC2C12CCCC2. The lowest BCUT2D eigenvalue weighted by Crippen LogP contribution is -2.69. The smallest absolute Gasteiger partial charge is 0.233 e. The van der Waals surface area contributed by atoms with Crippen molar-refractivity contribution >= 4 is 17.8 Å². The van der Waals surface area contributed by atoms with Gasteiger partial charge >= 0.3 is 0 Å². The quantitative estimate of drug-likeness (QED) is 0.217. The molecule has 2 saturated heterocycles. The van der Waals surface area contributed by atoms with Crippen LogP contribution in [0.4, 0.5) is 0 Å². The monoisotopic (exact) mass is 440 g/mol. The van der Waals surface area contributed by atoms with Gasteiger partial charge in [0.05, 0.1) is 17.9 Å². The van der Waals surface area contributed by atoms with E-state index >= 15 is 0 Å². The number of carbonyl (C=O) groups is 2. The minimum Gasteiger partial charge on any atom is -0.377 e. The maximum absolute atomic E-state index is 12.9. The molecule has 2 heterocycles. The van der Waals surface area contributed by atoms with E-state index in [1.165, 1.54) is 30.6 Å². The number of imide groups is 1. The Hall–Kier alpha value is -1.89. The van der Waals surface area contributed by atoms with Crippen molar-refractivity contribution in [3.8, 4) is 0 Å². The number of ether oxygens (including phenoxy) is 1. The standard InChI is InChI=1S/C25H36N4O3/c1-2-26-24(28-20-17-8-13-32-21(17)25(20)9-3-4-10-25)27-11-5-12-29-22(30)18-15-6-7-16(14-15)19(18)23(29)31/h6-7,15-21H,2-5,8-14H2,1H3,(H2,26,27,28). The molecular weight excluding hydrogens is 404 g/mol. The maximum atomic E-state index is 12.9. The van der Waals surface area contributed by atoms with Crippen LogP contribution in [-0.4, -0.2) is 61.1 Å². The van der Waals surface area contributed by atoms with Crippen molar-refractivity contribution < 1.29 is 14.3 Å². The molecule has 2 N–H and O–H groups in total. The summed E-state index contributed by atoms with van der Waals surface area (Å²) < 4.78 is 6.11. The van der Waals surface area contributed by atoms with Crippen molar-refractivity contribution in [2.75, 3.05) is 26.2 Å².